The van der Waals surface area contributed by atoms with E-state index < -0.39 is 0 Å². The van der Waals surface area contributed by atoms with E-state index in [1.165, 1.54) is 0 Å². The minimum Gasteiger partial charge on any atom is -0.494 e. The smallest absolute Gasteiger partial charge is 0.255 e. The van der Waals surface area contributed by atoms with Gasteiger partial charge in [-0.3, -0.25) is 4.79 Å². The Kier molecular flexibility index (Phi) is 7.85. The predicted molar refractivity (Wildman–Crippen MR) is 92.1 cm³/mol. The fourth-order valence-electron chi connectivity index (χ4n) is 2.77. The molecule has 0 unspecified atom stereocenters. The van der Waals surface area contributed by atoms with Crippen molar-refractivity contribution in [2.45, 2.75) is 20.3 Å². The molecule has 0 aromatic heterocycles. The molecule has 1 aromatic rings. The Hall–Kier alpha value is -1.79. The number of carbonyl (C=O) groups is 1. The Morgan fingerprint density at radius 1 is 1.21 bits per heavy atom. The van der Waals surface area contributed by atoms with Gasteiger partial charge >= 0.3 is 0 Å². The molecule has 1 fully saturated rings. The second-order valence-electron chi connectivity index (χ2n) is 5.75. The van der Waals surface area contributed by atoms with Crippen LogP contribution in [-0.4, -0.2) is 58.5 Å². The number of rotatable bonds is 9. The van der Waals surface area contributed by atoms with Gasteiger partial charge < -0.3 is 24.4 Å². The summed E-state index contributed by atoms with van der Waals surface area (Å²) < 4.78 is 16.4. The molecule has 1 saturated heterocycles. The van der Waals surface area contributed by atoms with Crippen molar-refractivity contribution in [3.63, 3.8) is 0 Å². The number of quaternary nitrogens is 1. The standard InChI is InChI=1S/C18H28N2O4/c1-3-23-15-6-7-16(17(14-15)24-4-2)18(21)19-8-5-9-20-10-12-22-13-11-20/h6-7,14H,3-5,8-13H2,1-2H3,(H,19,21)/p+1. The number of hydrogen-bond acceptors (Lipinski definition) is 4. The van der Waals surface area contributed by atoms with Crippen molar-refractivity contribution in [1.29, 1.82) is 0 Å². The molecular formula is C18H29N2O4+. The first-order chi connectivity index (χ1) is 11.7. The number of benzene rings is 1. The van der Waals surface area contributed by atoms with Gasteiger partial charge in [-0.2, -0.15) is 0 Å². The summed E-state index contributed by atoms with van der Waals surface area (Å²) in [6, 6.07) is 5.34. The van der Waals surface area contributed by atoms with E-state index in [0.717, 1.165) is 39.3 Å². The maximum Gasteiger partial charge on any atom is 0.255 e. The van der Waals surface area contributed by atoms with Crippen LogP contribution in [0.15, 0.2) is 18.2 Å². The average molecular weight is 337 g/mol. The van der Waals surface area contributed by atoms with E-state index in [4.69, 9.17) is 14.2 Å². The van der Waals surface area contributed by atoms with Gasteiger partial charge in [0, 0.05) is 19.0 Å². The number of nitrogens with one attached hydrogen (secondary N) is 2. The van der Waals surface area contributed by atoms with Crippen LogP contribution in [0.3, 0.4) is 0 Å². The van der Waals surface area contributed by atoms with Crippen molar-refractivity contribution in [2.24, 2.45) is 0 Å². The molecule has 1 aliphatic rings. The third-order valence-corrected chi connectivity index (χ3v) is 4.00. The molecule has 6 heteroatoms. The highest BCUT2D eigenvalue weighted by Crippen LogP contribution is 2.25. The van der Waals surface area contributed by atoms with E-state index in [-0.39, 0.29) is 5.91 Å². The van der Waals surface area contributed by atoms with Crippen molar-refractivity contribution in [2.75, 3.05) is 52.6 Å². The molecule has 0 spiro atoms. The lowest BCUT2D eigenvalue weighted by Crippen LogP contribution is -3.14. The number of morpholine rings is 1. The summed E-state index contributed by atoms with van der Waals surface area (Å²) in [5.74, 6) is 1.19. The van der Waals surface area contributed by atoms with E-state index >= 15 is 0 Å². The largest absolute Gasteiger partial charge is 0.494 e. The molecule has 134 valence electrons. The summed E-state index contributed by atoms with van der Waals surface area (Å²) in [7, 11) is 0. The topological polar surface area (TPSA) is 61.2 Å². The highest BCUT2D eigenvalue weighted by molar-refractivity contribution is 5.97. The number of ether oxygens (including phenoxy) is 3. The summed E-state index contributed by atoms with van der Waals surface area (Å²) >= 11 is 0. The van der Waals surface area contributed by atoms with Gasteiger partial charge in [0.2, 0.25) is 0 Å². The van der Waals surface area contributed by atoms with Crippen LogP contribution in [0.1, 0.15) is 30.6 Å². The third-order valence-electron chi connectivity index (χ3n) is 4.00. The number of hydrogen-bond donors (Lipinski definition) is 2. The average Bonchev–Trinajstić information content (AvgIpc) is 2.60. The van der Waals surface area contributed by atoms with Gasteiger partial charge in [-0.05, 0) is 26.0 Å². The van der Waals surface area contributed by atoms with Crippen LogP contribution in [0, 0.1) is 0 Å². The summed E-state index contributed by atoms with van der Waals surface area (Å²) in [5, 5.41) is 2.98. The Balaban J connectivity index is 1.83. The first kappa shape index (κ1) is 18.5. The van der Waals surface area contributed by atoms with Crippen LogP contribution < -0.4 is 19.7 Å². The van der Waals surface area contributed by atoms with Crippen LogP contribution in [0.5, 0.6) is 11.5 Å². The second-order valence-corrected chi connectivity index (χ2v) is 5.75. The molecule has 0 bridgehead atoms. The van der Waals surface area contributed by atoms with E-state index in [9.17, 15) is 4.79 Å². The molecule has 0 atom stereocenters. The highest BCUT2D eigenvalue weighted by atomic mass is 16.5. The molecule has 2 N–H and O–H groups in total. The molecule has 24 heavy (non-hydrogen) atoms. The monoisotopic (exact) mass is 337 g/mol. The third kappa shape index (κ3) is 5.69. The summed E-state index contributed by atoms with van der Waals surface area (Å²) in [5.41, 5.74) is 0.555. The minimum absolute atomic E-state index is 0.0986. The maximum atomic E-state index is 12.4. The van der Waals surface area contributed by atoms with Gasteiger partial charge in [0.05, 0.1) is 38.5 Å². The summed E-state index contributed by atoms with van der Waals surface area (Å²) in [6.07, 6.45) is 0.960. The van der Waals surface area contributed by atoms with Gasteiger partial charge in [0.15, 0.2) is 0 Å². The zero-order valence-electron chi connectivity index (χ0n) is 14.7. The van der Waals surface area contributed by atoms with Gasteiger partial charge in [-0.1, -0.05) is 0 Å². The fraction of sp³-hybridized carbons (Fsp3) is 0.611. The Labute approximate surface area is 144 Å². The van der Waals surface area contributed by atoms with Gasteiger partial charge in [-0.25, -0.2) is 0 Å². The zero-order valence-corrected chi connectivity index (χ0v) is 14.7. The van der Waals surface area contributed by atoms with Crippen molar-refractivity contribution in [3.05, 3.63) is 23.8 Å². The molecule has 0 aliphatic carbocycles. The maximum absolute atomic E-state index is 12.4. The van der Waals surface area contributed by atoms with Crippen LogP contribution in [0.2, 0.25) is 0 Å². The molecular weight excluding hydrogens is 308 g/mol. The normalized spacial score (nSPS) is 15.1. The lowest BCUT2D eigenvalue weighted by molar-refractivity contribution is -0.908. The second kappa shape index (κ2) is 10.2. The van der Waals surface area contributed by atoms with Crippen LogP contribution in [0.4, 0.5) is 0 Å². The van der Waals surface area contributed by atoms with E-state index in [1.807, 2.05) is 13.8 Å². The Bertz CT molecular complexity index is 516. The lowest BCUT2D eigenvalue weighted by atomic mass is 10.1. The SMILES string of the molecule is CCOc1ccc(C(=O)NCCC[NH+]2CCOCC2)c(OCC)c1. The molecule has 1 aromatic carbocycles. The molecule has 2 rings (SSSR count). The van der Waals surface area contributed by atoms with E-state index in [0.29, 0.717) is 36.8 Å². The summed E-state index contributed by atoms with van der Waals surface area (Å²) in [4.78, 5) is 13.9. The van der Waals surface area contributed by atoms with Gasteiger partial charge in [-0.15, -0.1) is 0 Å². The zero-order chi connectivity index (χ0) is 17.2. The van der Waals surface area contributed by atoms with Crippen LogP contribution >= 0.6 is 0 Å². The molecule has 1 heterocycles. The molecule has 1 amide bonds. The highest BCUT2D eigenvalue weighted by Gasteiger charge is 2.15. The Morgan fingerprint density at radius 2 is 1.96 bits per heavy atom. The minimum atomic E-state index is -0.0986. The van der Waals surface area contributed by atoms with E-state index in [2.05, 4.69) is 5.32 Å². The molecule has 0 saturated carbocycles. The van der Waals surface area contributed by atoms with Gasteiger partial charge in [0.1, 0.15) is 24.6 Å². The quantitative estimate of drug-likeness (QED) is 0.645. The van der Waals surface area contributed by atoms with E-state index in [1.54, 1.807) is 23.1 Å². The Morgan fingerprint density at radius 3 is 2.67 bits per heavy atom. The lowest BCUT2D eigenvalue weighted by Gasteiger charge is -2.23. The van der Waals surface area contributed by atoms with Crippen molar-refractivity contribution in [3.8, 4) is 11.5 Å². The number of carbonyl (C=O) groups excluding carboxylic acids is 1. The van der Waals surface area contributed by atoms with Crippen molar-refractivity contribution in [1.82, 2.24) is 5.32 Å². The summed E-state index contributed by atoms with van der Waals surface area (Å²) in [6.45, 7) is 10.4. The first-order valence-corrected chi connectivity index (χ1v) is 8.83. The van der Waals surface area contributed by atoms with Crippen LogP contribution in [0.25, 0.3) is 0 Å². The van der Waals surface area contributed by atoms with Crippen LogP contribution in [-0.2, 0) is 4.74 Å². The van der Waals surface area contributed by atoms with Gasteiger partial charge in [0.25, 0.3) is 5.91 Å². The molecule has 6 nitrogen and oxygen atoms in total. The molecule has 0 radical (unpaired) electrons. The fourth-order valence-corrected chi connectivity index (χ4v) is 2.77. The number of amides is 1. The van der Waals surface area contributed by atoms with Crippen molar-refractivity contribution >= 4 is 5.91 Å². The van der Waals surface area contributed by atoms with Crippen molar-refractivity contribution < 1.29 is 23.9 Å². The molecule has 1 aliphatic heterocycles. The predicted octanol–water partition coefficient (Wildman–Crippen LogP) is 0.519. The first-order valence-electron chi connectivity index (χ1n) is 8.83.